The highest BCUT2D eigenvalue weighted by Crippen LogP contribution is 2.21. The molecule has 1 aromatic heterocycles. The van der Waals surface area contributed by atoms with E-state index in [9.17, 15) is 0 Å². The second kappa shape index (κ2) is 6.00. The molecule has 1 unspecified atom stereocenters. The van der Waals surface area contributed by atoms with Crippen LogP contribution in [0.25, 0.3) is 0 Å². The molecule has 1 aromatic rings. The summed E-state index contributed by atoms with van der Waals surface area (Å²) < 4.78 is 5.61. The van der Waals surface area contributed by atoms with E-state index in [1.807, 2.05) is 14.0 Å². The van der Waals surface area contributed by atoms with Crippen LogP contribution in [0.15, 0.2) is 0 Å². The van der Waals surface area contributed by atoms with Crippen LogP contribution >= 0.6 is 0 Å². The van der Waals surface area contributed by atoms with E-state index in [0.717, 1.165) is 55.4 Å². The predicted molar refractivity (Wildman–Crippen MR) is 73.2 cm³/mol. The molecular formula is C13H22N4O. The minimum Gasteiger partial charge on any atom is -0.376 e. The van der Waals surface area contributed by atoms with Gasteiger partial charge in [0.15, 0.2) is 0 Å². The van der Waals surface area contributed by atoms with Gasteiger partial charge in [-0.05, 0) is 19.8 Å². The van der Waals surface area contributed by atoms with Gasteiger partial charge in [0, 0.05) is 32.2 Å². The van der Waals surface area contributed by atoms with Gasteiger partial charge < -0.3 is 15.4 Å². The Bertz CT molecular complexity index is 402. The topological polar surface area (TPSA) is 59.1 Å². The van der Waals surface area contributed by atoms with Crippen LogP contribution in [0, 0.1) is 6.92 Å². The number of nitrogens with one attached hydrogen (secondary N) is 2. The molecule has 5 heteroatoms. The van der Waals surface area contributed by atoms with Crippen molar-refractivity contribution in [1.29, 1.82) is 0 Å². The quantitative estimate of drug-likeness (QED) is 0.837. The lowest BCUT2D eigenvalue weighted by atomic mass is 10.2. The monoisotopic (exact) mass is 250 g/mol. The summed E-state index contributed by atoms with van der Waals surface area (Å²) in [5.74, 6) is 2.68. The highest BCUT2D eigenvalue weighted by atomic mass is 16.5. The maximum absolute atomic E-state index is 5.61. The van der Waals surface area contributed by atoms with E-state index in [-0.39, 0.29) is 0 Å². The number of ether oxygens (including phenoxy) is 1. The molecule has 0 spiro atoms. The number of rotatable bonds is 5. The molecule has 1 atom stereocenters. The fourth-order valence-corrected chi connectivity index (χ4v) is 2.15. The van der Waals surface area contributed by atoms with Crippen LogP contribution in [0.2, 0.25) is 0 Å². The fourth-order valence-electron chi connectivity index (χ4n) is 2.15. The highest BCUT2D eigenvalue weighted by Gasteiger charge is 2.16. The van der Waals surface area contributed by atoms with Crippen LogP contribution in [0.1, 0.15) is 31.2 Å². The van der Waals surface area contributed by atoms with Gasteiger partial charge in [-0.1, -0.05) is 6.92 Å². The lowest BCUT2D eigenvalue weighted by molar-refractivity contribution is 0.120. The number of nitrogens with zero attached hydrogens (tertiary/aromatic N) is 2. The van der Waals surface area contributed by atoms with Crippen LogP contribution in [-0.4, -0.2) is 36.3 Å². The lowest BCUT2D eigenvalue weighted by Crippen LogP contribution is -2.20. The minimum atomic E-state index is 0.322. The van der Waals surface area contributed by atoms with Gasteiger partial charge in [0.05, 0.1) is 6.10 Å². The fraction of sp³-hybridized carbons (Fsp3) is 0.692. The summed E-state index contributed by atoms with van der Waals surface area (Å²) in [5, 5.41) is 6.50. The normalized spacial score (nSPS) is 18.9. The van der Waals surface area contributed by atoms with Gasteiger partial charge in [0.2, 0.25) is 0 Å². The third kappa shape index (κ3) is 2.90. The summed E-state index contributed by atoms with van der Waals surface area (Å²) in [6, 6.07) is 0. The number of aryl methyl sites for hydroxylation is 1. The summed E-state index contributed by atoms with van der Waals surface area (Å²) in [6.45, 7) is 5.80. The van der Waals surface area contributed by atoms with Crippen LogP contribution in [-0.2, 0) is 11.2 Å². The molecule has 1 fully saturated rings. The SMILES string of the molecule is CCc1nc(NC)c(C)c(NCC2CCCO2)n1. The Balaban J connectivity index is 2.09. The van der Waals surface area contributed by atoms with Crippen LogP contribution in [0.3, 0.4) is 0 Å². The summed E-state index contributed by atoms with van der Waals surface area (Å²) in [4.78, 5) is 9.00. The van der Waals surface area contributed by atoms with E-state index in [0.29, 0.717) is 6.10 Å². The molecule has 5 nitrogen and oxygen atoms in total. The van der Waals surface area contributed by atoms with Crippen LogP contribution in [0.5, 0.6) is 0 Å². The zero-order valence-corrected chi connectivity index (χ0v) is 11.4. The van der Waals surface area contributed by atoms with Crippen LogP contribution in [0.4, 0.5) is 11.6 Å². The Morgan fingerprint density at radius 1 is 1.33 bits per heavy atom. The molecule has 1 aliphatic heterocycles. The van der Waals surface area contributed by atoms with Gasteiger partial charge in [0.1, 0.15) is 17.5 Å². The van der Waals surface area contributed by atoms with Crippen molar-refractivity contribution in [3.8, 4) is 0 Å². The average molecular weight is 250 g/mol. The molecule has 0 saturated carbocycles. The average Bonchev–Trinajstić information content (AvgIpc) is 2.90. The van der Waals surface area contributed by atoms with E-state index in [1.54, 1.807) is 0 Å². The molecule has 0 amide bonds. The van der Waals surface area contributed by atoms with Gasteiger partial charge >= 0.3 is 0 Å². The largest absolute Gasteiger partial charge is 0.376 e. The van der Waals surface area contributed by atoms with Gasteiger partial charge in [-0.25, -0.2) is 9.97 Å². The third-order valence-corrected chi connectivity index (χ3v) is 3.27. The first-order valence-electron chi connectivity index (χ1n) is 6.65. The smallest absolute Gasteiger partial charge is 0.134 e. The van der Waals surface area contributed by atoms with Crippen molar-refractivity contribution in [2.45, 2.75) is 39.2 Å². The Hall–Kier alpha value is -1.36. The maximum atomic E-state index is 5.61. The van der Waals surface area contributed by atoms with Gasteiger partial charge in [-0.15, -0.1) is 0 Å². The molecule has 1 aliphatic rings. The predicted octanol–water partition coefficient (Wildman–Crippen LogP) is 1.98. The van der Waals surface area contributed by atoms with Crippen LogP contribution < -0.4 is 10.6 Å². The first-order chi connectivity index (χ1) is 8.74. The zero-order chi connectivity index (χ0) is 13.0. The van der Waals surface area contributed by atoms with Crippen molar-refractivity contribution in [2.75, 3.05) is 30.8 Å². The highest BCUT2D eigenvalue weighted by molar-refractivity contribution is 5.57. The number of aromatic nitrogens is 2. The first-order valence-corrected chi connectivity index (χ1v) is 6.65. The molecule has 0 bridgehead atoms. The molecule has 100 valence electrons. The minimum absolute atomic E-state index is 0.322. The van der Waals surface area contributed by atoms with E-state index < -0.39 is 0 Å². The van der Waals surface area contributed by atoms with E-state index >= 15 is 0 Å². The molecule has 2 heterocycles. The first kappa shape index (κ1) is 13.1. The standard InChI is InChI=1S/C13H22N4O/c1-4-11-16-12(14-3)9(2)13(17-11)15-8-10-6-5-7-18-10/h10H,4-8H2,1-3H3,(H2,14,15,16,17). The van der Waals surface area contributed by atoms with E-state index in [4.69, 9.17) is 4.74 Å². The Labute approximate surface area is 108 Å². The van der Waals surface area contributed by atoms with Crippen molar-refractivity contribution in [1.82, 2.24) is 9.97 Å². The van der Waals surface area contributed by atoms with Crippen molar-refractivity contribution in [2.24, 2.45) is 0 Å². The zero-order valence-electron chi connectivity index (χ0n) is 11.4. The van der Waals surface area contributed by atoms with E-state index in [2.05, 4.69) is 27.5 Å². The summed E-state index contributed by atoms with van der Waals surface area (Å²) in [5.41, 5.74) is 1.06. The second-order valence-electron chi connectivity index (χ2n) is 4.58. The Morgan fingerprint density at radius 2 is 2.11 bits per heavy atom. The number of anilines is 2. The molecule has 0 aromatic carbocycles. The molecule has 18 heavy (non-hydrogen) atoms. The Kier molecular flexibility index (Phi) is 4.36. The maximum Gasteiger partial charge on any atom is 0.134 e. The van der Waals surface area contributed by atoms with Gasteiger partial charge in [0.25, 0.3) is 0 Å². The molecule has 2 rings (SSSR count). The lowest BCUT2D eigenvalue weighted by Gasteiger charge is -2.15. The van der Waals surface area contributed by atoms with Gasteiger partial charge in [-0.2, -0.15) is 0 Å². The van der Waals surface area contributed by atoms with Crippen molar-refractivity contribution in [3.05, 3.63) is 11.4 Å². The number of hydrogen-bond donors (Lipinski definition) is 2. The molecule has 2 N–H and O–H groups in total. The number of hydrogen-bond acceptors (Lipinski definition) is 5. The molecule has 0 aliphatic carbocycles. The molecule has 0 radical (unpaired) electrons. The summed E-state index contributed by atoms with van der Waals surface area (Å²) in [7, 11) is 1.89. The summed E-state index contributed by atoms with van der Waals surface area (Å²) >= 11 is 0. The molecule has 1 saturated heterocycles. The third-order valence-electron chi connectivity index (χ3n) is 3.27. The van der Waals surface area contributed by atoms with Gasteiger partial charge in [-0.3, -0.25) is 0 Å². The van der Waals surface area contributed by atoms with Crippen molar-refractivity contribution < 1.29 is 4.74 Å². The summed E-state index contributed by atoms with van der Waals surface area (Å²) in [6.07, 6.45) is 3.46. The Morgan fingerprint density at radius 3 is 2.72 bits per heavy atom. The second-order valence-corrected chi connectivity index (χ2v) is 4.58. The van der Waals surface area contributed by atoms with E-state index in [1.165, 1.54) is 0 Å². The van der Waals surface area contributed by atoms with Crippen molar-refractivity contribution in [3.63, 3.8) is 0 Å². The molecular weight excluding hydrogens is 228 g/mol. The van der Waals surface area contributed by atoms with Crippen molar-refractivity contribution >= 4 is 11.6 Å².